The first-order valence-corrected chi connectivity index (χ1v) is 11.3. The summed E-state index contributed by atoms with van der Waals surface area (Å²) in [4.78, 5) is 9.21. The average Bonchev–Trinajstić information content (AvgIpc) is 2.80. The number of nitrogens with one attached hydrogen (secondary N) is 2. The van der Waals surface area contributed by atoms with Crippen molar-refractivity contribution in [2.24, 2.45) is 0 Å². The van der Waals surface area contributed by atoms with Crippen molar-refractivity contribution >= 4 is 38.4 Å². The second kappa shape index (κ2) is 8.61. The van der Waals surface area contributed by atoms with E-state index in [0.29, 0.717) is 22.6 Å². The Bertz CT molecular complexity index is 1310. The molecule has 158 valence electrons. The molecule has 7 nitrogen and oxygen atoms in total. The standard InChI is InChI=1S/C23H22N4O3S/c1-3-16-8-10-17(11-9-16)24-22-23(26-21-7-5-4-6-20(21)25-22)27-31(28,29)19-14-12-18(30-2)13-15-19/h4-15H,3H2,1-2H3,(H,24,25)(H,26,27). The van der Waals surface area contributed by atoms with E-state index in [9.17, 15) is 8.42 Å². The Balaban J connectivity index is 1.72. The maximum absolute atomic E-state index is 13.0. The van der Waals surface area contributed by atoms with Crippen LogP contribution < -0.4 is 14.8 Å². The number of aryl methyl sites for hydroxylation is 1. The molecule has 0 saturated heterocycles. The molecule has 4 rings (SSSR count). The number of rotatable bonds is 7. The van der Waals surface area contributed by atoms with Gasteiger partial charge in [-0.3, -0.25) is 4.72 Å². The van der Waals surface area contributed by atoms with Crippen LogP contribution in [0, 0.1) is 0 Å². The molecule has 1 aromatic heterocycles. The fourth-order valence-electron chi connectivity index (χ4n) is 3.06. The molecule has 0 aliphatic heterocycles. The summed E-state index contributed by atoms with van der Waals surface area (Å²) in [7, 11) is -2.36. The molecule has 0 aliphatic carbocycles. The van der Waals surface area contributed by atoms with E-state index in [4.69, 9.17) is 4.74 Å². The minimum Gasteiger partial charge on any atom is -0.497 e. The normalized spacial score (nSPS) is 11.3. The zero-order chi connectivity index (χ0) is 21.8. The van der Waals surface area contributed by atoms with Gasteiger partial charge in [-0.25, -0.2) is 18.4 Å². The van der Waals surface area contributed by atoms with Crippen molar-refractivity contribution in [3.05, 3.63) is 78.4 Å². The first-order chi connectivity index (χ1) is 15.0. The van der Waals surface area contributed by atoms with Gasteiger partial charge >= 0.3 is 0 Å². The summed E-state index contributed by atoms with van der Waals surface area (Å²) in [6, 6.07) is 21.3. The topological polar surface area (TPSA) is 93.2 Å². The molecule has 31 heavy (non-hydrogen) atoms. The van der Waals surface area contributed by atoms with Gasteiger partial charge in [0, 0.05) is 5.69 Å². The average molecular weight is 435 g/mol. The maximum Gasteiger partial charge on any atom is 0.263 e. The van der Waals surface area contributed by atoms with Gasteiger partial charge in [0.15, 0.2) is 11.6 Å². The number of aromatic nitrogens is 2. The lowest BCUT2D eigenvalue weighted by atomic mass is 10.1. The highest BCUT2D eigenvalue weighted by molar-refractivity contribution is 7.92. The monoisotopic (exact) mass is 434 g/mol. The van der Waals surface area contributed by atoms with Gasteiger partial charge in [0.05, 0.1) is 23.0 Å². The van der Waals surface area contributed by atoms with E-state index in [0.717, 1.165) is 12.1 Å². The van der Waals surface area contributed by atoms with E-state index in [-0.39, 0.29) is 10.7 Å². The van der Waals surface area contributed by atoms with Gasteiger partial charge in [-0.15, -0.1) is 0 Å². The second-order valence-corrected chi connectivity index (χ2v) is 8.55. The zero-order valence-corrected chi connectivity index (χ0v) is 18.0. The van der Waals surface area contributed by atoms with Gasteiger partial charge in [0.25, 0.3) is 10.0 Å². The Morgan fingerprint density at radius 2 is 1.45 bits per heavy atom. The Morgan fingerprint density at radius 3 is 2.03 bits per heavy atom. The highest BCUT2D eigenvalue weighted by Crippen LogP contribution is 2.27. The molecule has 3 aromatic carbocycles. The largest absolute Gasteiger partial charge is 0.497 e. The third kappa shape index (κ3) is 4.59. The lowest BCUT2D eigenvalue weighted by Crippen LogP contribution is -2.16. The highest BCUT2D eigenvalue weighted by Gasteiger charge is 2.19. The molecular weight excluding hydrogens is 412 g/mol. The number of nitrogens with zero attached hydrogens (tertiary/aromatic N) is 2. The van der Waals surface area contributed by atoms with Crippen LogP contribution in [0.2, 0.25) is 0 Å². The van der Waals surface area contributed by atoms with Gasteiger partial charge in [-0.1, -0.05) is 31.2 Å². The van der Waals surface area contributed by atoms with Crippen molar-refractivity contribution in [1.29, 1.82) is 0 Å². The summed E-state index contributed by atoms with van der Waals surface area (Å²) in [6.45, 7) is 2.09. The Morgan fingerprint density at radius 1 is 0.839 bits per heavy atom. The van der Waals surface area contributed by atoms with Crippen LogP contribution in [0.4, 0.5) is 17.3 Å². The van der Waals surface area contributed by atoms with E-state index < -0.39 is 10.0 Å². The number of methoxy groups -OCH3 is 1. The molecule has 0 radical (unpaired) electrons. The predicted molar refractivity (Wildman–Crippen MR) is 122 cm³/mol. The van der Waals surface area contributed by atoms with Crippen molar-refractivity contribution in [2.75, 3.05) is 17.1 Å². The number of sulfonamides is 1. The third-order valence-electron chi connectivity index (χ3n) is 4.80. The SMILES string of the molecule is CCc1ccc(Nc2nc3ccccc3nc2NS(=O)(=O)c2ccc(OC)cc2)cc1. The van der Waals surface area contributed by atoms with Crippen LogP contribution >= 0.6 is 0 Å². The number of anilines is 3. The molecule has 0 fully saturated rings. The summed E-state index contributed by atoms with van der Waals surface area (Å²) in [5.74, 6) is 1.01. The molecule has 0 unspecified atom stereocenters. The van der Waals surface area contributed by atoms with Gasteiger partial charge in [0.1, 0.15) is 5.75 Å². The number of hydrogen-bond acceptors (Lipinski definition) is 6. The minimum atomic E-state index is -3.88. The molecule has 8 heteroatoms. The van der Waals surface area contributed by atoms with Crippen molar-refractivity contribution in [3.8, 4) is 5.75 Å². The predicted octanol–water partition coefficient (Wildman–Crippen LogP) is 4.75. The van der Waals surface area contributed by atoms with Crippen LogP contribution in [-0.2, 0) is 16.4 Å². The molecule has 4 aromatic rings. The van der Waals surface area contributed by atoms with Crippen molar-refractivity contribution in [2.45, 2.75) is 18.2 Å². The Hall–Kier alpha value is -3.65. The number of fused-ring (bicyclic) bond motifs is 1. The lowest BCUT2D eigenvalue weighted by molar-refractivity contribution is 0.414. The lowest BCUT2D eigenvalue weighted by Gasteiger charge is -2.14. The minimum absolute atomic E-state index is 0.0986. The molecule has 2 N–H and O–H groups in total. The smallest absolute Gasteiger partial charge is 0.263 e. The summed E-state index contributed by atoms with van der Waals surface area (Å²) in [5, 5.41) is 3.19. The molecule has 1 heterocycles. The summed E-state index contributed by atoms with van der Waals surface area (Å²) < 4.78 is 33.6. The number of benzene rings is 3. The fourth-order valence-corrected chi connectivity index (χ4v) is 4.07. The molecule has 0 aliphatic rings. The van der Waals surface area contributed by atoms with Crippen LogP contribution in [0.15, 0.2) is 77.7 Å². The second-order valence-electron chi connectivity index (χ2n) is 6.87. The molecular formula is C23H22N4O3S. The third-order valence-corrected chi connectivity index (χ3v) is 6.15. The Labute approximate surface area is 181 Å². The molecule has 0 amide bonds. The molecule has 0 saturated carbocycles. The zero-order valence-electron chi connectivity index (χ0n) is 17.2. The van der Waals surface area contributed by atoms with Gasteiger partial charge in [-0.2, -0.15) is 0 Å². The van der Waals surface area contributed by atoms with Crippen LogP contribution in [0.5, 0.6) is 5.75 Å². The summed E-state index contributed by atoms with van der Waals surface area (Å²) in [5.41, 5.74) is 3.23. The molecule has 0 bridgehead atoms. The number of ether oxygens (including phenoxy) is 1. The van der Waals surface area contributed by atoms with Gasteiger partial charge in [0.2, 0.25) is 0 Å². The van der Waals surface area contributed by atoms with E-state index in [1.165, 1.54) is 24.8 Å². The maximum atomic E-state index is 13.0. The quantitative estimate of drug-likeness (QED) is 0.436. The summed E-state index contributed by atoms with van der Waals surface area (Å²) in [6.07, 6.45) is 0.934. The number of para-hydroxylation sites is 2. The highest BCUT2D eigenvalue weighted by atomic mass is 32.2. The van der Waals surface area contributed by atoms with Crippen LogP contribution in [0.1, 0.15) is 12.5 Å². The van der Waals surface area contributed by atoms with Crippen LogP contribution in [-0.4, -0.2) is 25.5 Å². The van der Waals surface area contributed by atoms with E-state index >= 15 is 0 Å². The van der Waals surface area contributed by atoms with Gasteiger partial charge in [-0.05, 0) is 60.5 Å². The van der Waals surface area contributed by atoms with E-state index in [1.54, 1.807) is 18.2 Å². The summed E-state index contributed by atoms with van der Waals surface area (Å²) >= 11 is 0. The number of hydrogen-bond donors (Lipinski definition) is 2. The fraction of sp³-hybridized carbons (Fsp3) is 0.130. The van der Waals surface area contributed by atoms with Crippen molar-refractivity contribution in [3.63, 3.8) is 0 Å². The molecule has 0 atom stereocenters. The van der Waals surface area contributed by atoms with E-state index in [2.05, 4.69) is 26.9 Å². The van der Waals surface area contributed by atoms with Gasteiger partial charge < -0.3 is 10.1 Å². The van der Waals surface area contributed by atoms with E-state index in [1.807, 2.05) is 42.5 Å². The van der Waals surface area contributed by atoms with Crippen LogP contribution in [0.25, 0.3) is 11.0 Å². The first-order valence-electron chi connectivity index (χ1n) is 9.78. The van der Waals surface area contributed by atoms with Crippen LogP contribution in [0.3, 0.4) is 0 Å². The van der Waals surface area contributed by atoms with Crippen molar-refractivity contribution in [1.82, 2.24) is 9.97 Å². The molecule has 0 spiro atoms. The Kier molecular flexibility index (Phi) is 5.73. The first kappa shape index (κ1) is 20.6. The van der Waals surface area contributed by atoms with Crippen molar-refractivity contribution < 1.29 is 13.2 Å².